The van der Waals surface area contributed by atoms with E-state index in [0.717, 1.165) is 11.1 Å². The average Bonchev–Trinajstić information content (AvgIpc) is 2.86. The van der Waals surface area contributed by atoms with Gasteiger partial charge in [-0.1, -0.05) is 72.3 Å². The number of hydrogen-bond acceptors (Lipinski definition) is 3. The molecule has 0 atom stereocenters. The highest BCUT2D eigenvalue weighted by Crippen LogP contribution is 2.29. The van der Waals surface area contributed by atoms with Crippen LogP contribution in [0.25, 0.3) is 0 Å². The number of aliphatic imine (C=N–C) groups is 1. The van der Waals surface area contributed by atoms with E-state index in [9.17, 15) is 9.59 Å². The van der Waals surface area contributed by atoms with Crippen molar-refractivity contribution in [1.82, 2.24) is 0 Å². The van der Waals surface area contributed by atoms with E-state index in [0.29, 0.717) is 22.0 Å². The fourth-order valence-electron chi connectivity index (χ4n) is 3.26. The van der Waals surface area contributed by atoms with Crippen LogP contribution >= 0.6 is 11.6 Å². The first-order valence-corrected chi connectivity index (χ1v) is 9.29. The van der Waals surface area contributed by atoms with E-state index in [2.05, 4.69) is 4.99 Å². The van der Waals surface area contributed by atoms with Crippen molar-refractivity contribution in [1.29, 1.82) is 0 Å². The van der Waals surface area contributed by atoms with Gasteiger partial charge in [0.1, 0.15) is 6.54 Å². The maximum Gasteiger partial charge on any atom is 0.249 e. The summed E-state index contributed by atoms with van der Waals surface area (Å²) in [6.07, 6.45) is 0. The average molecular weight is 389 g/mol. The Balaban J connectivity index is 1.77. The van der Waals surface area contributed by atoms with E-state index >= 15 is 0 Å². The summed E-state index contributed by atoms with van der Waals surface area (Å²) >= 11 is 6.24. The fourth-order valence-corrected chi connectivity index (χ4v) is 3.43. The van der Waals surface area contributed by atoms with Crippen molar-refractivity contribution in [3.63, 3.8) is 0 Å². The SMILES string of the molecule is O=C(CN1C(=O)CN=C(c2ccccc2)c2cc(Cl)ccc21)c1ccccc1. The lowest BCUT2D eigenvalue weighted by Gasteiger charge is -2.22. The molecule has 0 radical (unpaired) electrons. The van der Waals surface area contributed by atoms with Gasteiger partial charge < -0.3 is 4.90 Å². The van der Waals surface area contributed by atoms with Gasteiger partial charge in [-0.05, 0) is 18.2 Å². The molecule has 4 nitrogen and oxygen atoms in total. The van der Waals surface area contributed by atoms with Crippen LogP contribution in [0, 0.1) is 0 Å². The summed E-state index contributed by atoms with van der Waals surface area (Å²) in [5.74, 6) is -0.350. The zero-order valence-corrected chi connectivity index (χ0v) is 15.8. The first-order chi connectivity index (χ1) is 13.6. The van der Waals surface area contributed by atoms with Gasteiger partial charge in [0.2, 0.25) is 5.91 Å². The number of fused-ring (bicyclic) bond motifs is 1. The quantitative estimate of drug-likeness (QED) is 0.622. The van der Waals surface area contributed by atoms with E-state index in [1.54, 1.807) is 30.3 Å². The van der Waals surface area contributed by atoms with Gasteiger partial charge >= 0.3 is 0 Å². The predicted octanol–water partition coefficient (Wildman–Crippen LogP) is 4.41. The molecule has 0 bridgehead atoms. The van der Waals surface area contributed by atoms with Crippen LogP contribution in [-0.4, -0.2) is 30.5 Å². The Bertz CT molecular complexity index is 1060. The highest BCUT2D eigenvalue weighted by Gasteiger charge is 2.27. The molecule has 0 spiro atoms. The van der Waals surface area contributed by atoms with E-state index in [1.165, 1.54) is 4.90 Å². The molecule has 0 fully saturated rings. The summed E-state index contributed by atoms with van der Waals surface area (Å²) in [5.41, 5.74) is 3.54. The van der Waals surface area contributed by atoms with Crippen LogP contribution in [0.1, 0.15) is 21.5 Å². The summed E-state index contributed by atoms with van der Waals surface area (Å²) < 4.78 is 0. The van der Waals surface area contributed by atoms with Crippen LogP contribution in [0.4, 0.5) is 5.69 Å². The predicted molar refractivity (Wildman–Crippen MR) is 112 cm³/mol. The molecule has 1 aliphatic rings. The highest BCUT2D eigenvalue weighted by molar-refractivity contribution is 6.32. The van der Waals surface area contributed by atoms with Gasteiger partial charge in [-0.2, -0.15) is 0 Å². The van der Waals surface area contributed by atoms with E-state index < -0.39 is 0 Å². The molecule has 1 heterocycles. The number of anilines is 1. The topological polar surface area (TPSA) is 49.7 Å². The Morgan fingerprint density at radius 3 is 2.36 bits per heavy atom. The molecule has 0 aromatic heterocycles. The second kappa shape index (κ2) is 7.79. The lowest BCUT2D eigenvalue weighted by Crippen LogP contribution is -2.37. The standard InChI is InChI=1S/C23H17ClN2O2/c24-18-11-12-20-19(13-18)23(17-9-5-2-6-10-17)25-14-22(28)26(20)15-21(27)16-7-3-1-4-8-16/h1-13H,14-15H2. The van der Waals surface area contributed by atoms with E-state index in [4.69, 9.17) is 11.6 Å². The monoisotopic (exact) mass is 388 g/mol. The van der Waals surface area contributed by atoms with Crippen molar-refractivity contribution in [3.8, 4) is 0 Å². The Kier molecular flexibility index (Phi) is 5.04. The van der Waals surface area contributed by atoms with Gasteiger partial charge in [0.15, 0.2) is 5.78 Å². The molecule has 4 rings (SSSR count). The summed E-state index contributed by atoms with van der Waals surface area (Å²) in [6.45, 7) is -0.0757. The molecule has 0 saturated carbocycles. The van der Waals surface area contributed by atoms with Crippen molar-refractivity contribution in [2.24, 2.45) is 4.99 Å². The van der Waals surface area contributed by atoms with Gasteiger partial charge in [-0.25, -0.2) is 0 Å². The molecule has 1 amide bonds. The molecular weight excluding hydrogens is 372 g/mol. The van der Waals surface area contributed by atoms with E-state index in [1.807, 2.05) is 48.5 Å². The third-order valence-electron chi connectivity index (χ3n) is 4.62. The van der Waals surface area contributed by atoms with Crippen LogP contribution in [0.15, 0.2) is 83.9 Å². The number of nitrogens with zero attached hydrogens (tertiary/aromatic N) is 2. The summed E-state index contributed by atoms with van der Waals surface area (Å²) in [4.78, 5) is 31.6. The Morgan fingerprint density at radius 1 is 0.964 bits per heavy atom. The van der Waals surface area contributed by atoms with E-state index in [-0.39, 0.29) is 24.8 Å². The molecular formula is C23H17ClN2O2. The lowest BCUT2D eigenvalue weighted by atomic mass is 10.00. The molecule has 3 aromatic carbocycles. The van der Waals surface area contributed by atoms with Crippen molar-refractivity contribution >= 4 is 34.7 Å². The third kappa shape index (κ3) is 3.59. The number of benzene rings is 3. The summed E-state index contributed by atoms with van der Waals surface area (Å²) in [5, 5.41) is 0.547. The molecule has 5 heteroatoms. The zero-order chi connectivity index (χ0) is 19.5. The maximum absolute atomic E-state index is 12.8. The smallest absolute Gasteiger partial charge is 0.249 e. The molecule has 138 valence electrons. The van der Waals surface area contributed by atoms with Gasteiger partial charge in [0.25, 0.3) is 0 Å². The number of ketones is 1. The second-order valence-corrected chi connectivity index (χ2v) is 6.90. The van der Waals surface area contributed by atoms with Crippen LogP contribution < -0.4 is 4.90 Å². The number of carbonyl (C=O) groups excluding carboxylic acids is 2. The minimum atomic E-state index is -0.223. The Hall–Kier alpha value is -3.24. The molecule has 3 aromatic rings. The number of amides is 1. The van der Waals surface area contributed by atoms with Crippen molar-refractivity contribution in [3.05, 3.63) is 101 Å². The number of halogens is 1. The molecule has 0 N–H and O–H groups in total. The van der Waals surface area contributed by atoms with Crippen LogP contribution in [0.3, 0.4) is 0 Å². The van der Waals surface area contributed by atoms with Gasteiger partial charge in [0, 0.05) is 21.7 Å². The minimum Gasteiger partial charge on any atom is -0.302 e. The zero-order valence-electron chi connectivity index (χ0n) is 15.0. The molecule has 28 heavy (non-hydrogen) atoms. The number of rotatable bonds is 4. The van der Waals surface area contributed by atoms with Crippen molar-refractivity contribution in [2.75, 3.05) is 18.0 Å². The number of Topliss-reactive ketones (excluding diaryl/α,β-unsaturated/α-hetero) is 1. The van der Waals surface area contributed by atoms with Gasteiger partial charge in [0.05, 0.1) is 17.9 Å². The van der Waals surface area contributed by atoms with Crippen molar-refractivity contribution in [2.45, 2.75) is 0 Å². The number of carbonyl (C=O) groups is 2. The fraction of sp³-hybridized carbons (Fsp3) is 0.0870. The number of hydrogen-bond donors (Lipinski definition) is 0. The Morgan fingerprint density at radius 2 is 1.64 bits per heavy atom. The van der Waals surface area contributed by atoms with Gasteiger partial charge in [-0.15, -0.1) is 0 Å². The molecule has 0 aliphatic carbocycles. The summed E-state index contributed by atoms with van der Waals surface area (Å²) in [6, 6.07) is 23.9. The highest BCUT2D eigenvalue weighted by atomic mass is 35.5. The minimum absolute atomic E-state index is 0.0292. The molecule has 1 aliphatic heterocycles. The van der Waals surface area contributed by atoms with Crippen molar-refractivity contribution < 1.29 is 9.59 Å². The van der Waals surface area contributed by atoms with Crippen LogP contribution in [0.2, 0.25) is 5.02 Å². The summed E-state index contributed by atoms with van der Waals surface area (Å²) in [7, 11) is 0. The lowest BCUT2D eigenvalue weighted by molar-refractivity contribution is -0.117. The van der Waals surface area contributed by atoms with Crippen LogP contribution in [0.5, 0.6) is 0 Å². The van der Waals surface area contributed by atoms with Gasteiger partial charge in [-0.3, -0.25) is 14.6 Å². The molecule has 0 unspecified atom stereocenters. The largest absolute Gasteiger partial charge is 0.302 e. The third-order valence-corrected chi connectivity index (χ3v) is 4.86. The normalized spacial score (nSPS) is 13.5. The first-order valence-electron chi connectivity index (χ1n) is 8.92. The Labute approximate surface area is 168 Å². The number of benzodiazepines with no additional fused rings is 1. The molecule has 0 saturated heterocycles. The maximum atomic E-state index is 12.8. The van der Waals surface area contributed by atoms with Crippen LogP contribution in [-0.2, 0) is 4.79 Å². The second-order valence-electron chi connectivity index (χ2n) is 6.46. The first kappa shape index (κ1) is 18.1.